The molecule has 0 fully saturated rings. The van der Waals surface area contributed by atoms with Crippen LogP contribution in [0.5, 0.6) is 0 Å². The Bertz CT molecular complexity index is 1400. The SMILES string of the molecule is CCC(C)(C)C(=O)OCCOC(=O)C(C)(F)F.CCC(C)(C)C(=O)OCCOC(=O)C(F)(F)F.CCC(C)C(=O)OCCOC(=O)C(F)(F)F.CCC(C)C(=O)OCCOC(=O)C(F)F. The van der Waals surface area contributed by atoms with E-state index in [-0.39, 0.29) is 51.5 Å². The van der Waals surface area contributed by atoms with E-state index < -0.39 is 96.5 Å². The zero-order valence-corrected chi connectivity index (χ0v) is 38.0. The van der Waals surface area contributed by atoms with Crippen molar-refractivity contribution in [3.05, 3.63) is 0 Å². The molecule has 0 aromatic rings. The summed E-state index contributed by atoms with van der Waals surface area (Å²) in [6, 6.07) is 0. The minimum Gasteiger partial charge on any atom is -0.462 e. The standard InChI is InChI=1S/C11H18F2O4.C10H15F3O4.C9H13F3O4.C9H14F2O4/c1-5-10(2,3)8(14)16-6-7-17-9(15)11(4,12)13;1-4-9(2,3)7(14)16-5-6-17-8(15)10(11,12)13;1-3-6(2)7(13)15-4-5-16-8(14)9(10,11)12;1-3-6(2)8(12)14-4-5-15-9(13)7(10)11/h5-7H2,1-4H3;4-6H2,1-3H3;6H,3-5H2,1-2H3;6-7H,3-5H2,1-2H3. The molecular weight excluding hydrogens is 914 g/mol. The van der Waals surface area contributed by atoms with Gasteiger partial charge in [-0.05, 0) is 53.4 Å². The van der Waals surface area contributed by atoms with Crippen molar-refractivity contribution in [2.24, 2.45) is 22.7 Å². The largest absolute Gasteiger partial charge is 0.490 e. The highest BCUT2D eigenvalue weighted by molar-refractivity contribution is 5.78. The van der Waals surface area contributed by atoms with Gasteiger partial charge in [-0.1, -0.05) is 41.5 Å². The zero-order valence-electron chi connectivity index (χ0n) is 38.0. The van der Waals surface area contributed by atoms with Gasteiger partial charge in [0, 0.05) is 6.92 Å². The first kappa shape index (κ1) is 66.7. The molecule has 65 heavy (non-hydrogen) atoms. The van der Waals surface area contributed by atoms with Crippen molar-refractivity contribution in [1.29, 1.82) is 0 Å². The van der Waals surface area contributed by atoms with Gasteiger partial charge in [0.05, 0.1) is 22.7 Å². The first-order chi connectivity index (χ1) is 29.5. The van der Waals surface area contributed by atoms with E-state index in [1.54, 1.807) is 55.4 Å². The summed E-state index contributed by atoms with van der Waals surface area (Å²) in [7, 11) is 0. The van der Waals surface area contributed by atoms with E-state index in [4.69, 9.17) is 4.74 Å². The third kappa shape index (κ3) is 34.1. The zero-order chi connectivity index (χ0) is 52.0. The highest BCUT2D eigenvalue weighted by Gasteiger charge is 2.42. The van der Waals surface area contributed by atoms with Crippen molar-refractivity contribution >= 4 is 47.8 Å². The van der Waals surface area contributed by atoms with E-state index in [0.29, 0.717) is 32.6 Å². The molecular formula is C39H60F10O16. The molecule has 0 amide bonds. The average Bonchev–Trinajstić information content (AvgIpc) is 3.22. The van der Waals surface area contributed by atoms with E-state index in [1.807, 2.05) is 13.8 Å². The van der Waals surface area contributed by atoms with Crippen molar-refractivity contribution < 1.29 is 120 Å². The van der Waals surface area contributed by atoms with Gasteiger partial charge >= 0.3 is 72.5 Å². The predicted molar refractivity (Wildman–Crippen MR) is 203 cm³/mol. The van der Waals surface area contributed by atoms with E-state index >= 15 is 0 Å². The van der Waals surface area contributed by atoms with Crippen LogP contribution in [0.1, 0.15) is 102 Å². The van der Waals surface area contributed by atoms with Crippen LogP contribution < -0.4 is 0 Å². The molecule has 0 rings (SSSR count). The molecule has 26 heteroatoms. The van der Waals surface area contributed by atoms with Crippen LogP contribution in [0.3, 0.4) is 0 Å². The topological polar surface area (TPSA) is 210 Å². The fourth-order valence-electron chi connectivity index (χ4n) is 2.75. The maximum Gasteiger partial charge on any atom is 0.490 e. The van der Waals surface area contributed by atoms with E-state index in [2.05, 4.69) is 33.2 Å². The lowest BCUT2D eigenvalue weighted by Gasteiger charge is -2.20. The van der Waals surface area contributed by atoms with E-state index in [1.165, 1.54) is 0 Å². The summed E-state index contributed by atoms with van der Waals surface area (Å²) in [5.41, 5.74) is -1.33. The molecule has 382 valence electrons. The van der Waals surface area contributed by atoms with Crippen LogP contribution in [0.4, 0.5) is 43.9 Å². The van der Waals surface area contributed by atoms with Gasteiger partial charge in [0.2, 0.25) is 0 Å². The molecule has 0 saturated carbocycles. The molecule has 0 aliphatic heterocycles. The summed E-state index contributed by atoms with van der Waals surface area (Å²) in [6.07, 6.45) is -10.8. The molecule has 0 spiro atoms. The molecule has 16 nitrogen and oxygen atoms in total. The Morgan fingerprint density at radius 1 is 0.385 bits per heavy atom. The highest BCUT2D eigenvalue weighted by Crippen LogP contribution is 2.23. The lowest BCUT2D eigenvalue weighted by atomic mass is 9.91. The van der Waals surface area contributed by atoms with Gasteiger partial charge in [-0.15, -0.1) is 0 Å². The molecule has 0 aliphatic rings. The summed E-state index contributed by atoms with van der Waals surface area (Å²) >= 11 is 0. The third-order valence-electron chi connectivity index (χ3n) is 8.13. The second-order valence-corrected chi connectivity index (χ2v) is 14.5. The van der Waals surface area contributed by atoms with E-state index in [9.17, 15) is 82.3 Å². The van der Waals surface area contributed by atoms with Crippen LogP contribution in [0.2, 0.25) is 0 Å². The summed E-state index contributed by atoms with van der Waals surface area (Å²) in [5.74, 6) is -13.8. The van der Waals surface area contributed by atoms with Crippen LogP contribution in [-0.4, -0.2) is 125 Å². The molecule has 0 heterocycles. The molecule has 0 N–H and O–H groups in total. The van der Waals surface area contributed by atoms with Gasteiger partial charge in [-0.25, -0.2) is 19.2 Å². The van der Waals surface area contributed by atoms with Crippen LogP contribution in [0, 0.1) is 22.7 Å². The second kappa shape index (κ2) is 32.7. The van der Waals surface area contributed by atoms with E-state index in [0.717, 1.165) is 0 Å². The predicted octanol–water partition coefficient (Wildman–Crippen LogP) is 7.30. The quantitative estimate of drug-likeness (QED) is 0.0451. The van der Waals surface area contributed by atoms with Gasteiger partial charge in [-0.2, -0.15) is 43.9 Å². The number of halogens is 10. The molecule has 0 aliphatic carbocycles. The Balaban J connectivity index is -0.000000382. The molecule has 0 saturated heterocycles. The molecule has 0 aromatic carbocycles. The molecule has 0 bridgehead atoms. The van der Waals surface area contributed by atoms with Gasteiger partial charge in [-0.3, -0.25) is 19.2 Å². The number of alkyl halides is 10. The number of carbonyl (C=O) groups is 8. The summed E-state index contributed by atoms with van der Waals surface area (Å²) in [5, 5.41) is 0. The van der Waals surface area contributed by atoms with Gasteiger partial charge in [0.25, 0.3) is 0 Å². The fraction of sp³-hybridized carbons (Fsp3) is 0.795. The lowest BCUT2D eigenvalue weighted by Crippen LogP contribution is -2.30. The van der Waals surface area contributed by atoms with Gasteiger partial charge < -0.3 is 37.9 Å². The maximum atomic E-state index is 12.4. The number of ether oxygens (including phenoxy) is 8. The minimum absolute atomic E-state index is 0.193. The molecule has 2 unspecified atom stereocenters. The van der Waals surface area contributed by atoms with Crippen molar-refractivity contribution in [3.63, 3.8) is 0 Å². The van der Waals surface area contributed by atoms with Gasteiger partial charge in [0.1, 0.15) is 52.9 Å². The van der Waals surface area contributed by atoms with Crippen molar-refractivity contribution in [1.82, 2.24) is 0 Å². The fourth-order valence-corrected chi connectivity index (χ4v) is 2.75. The van der Waals surface area contributed by atoms with Crippen LogP contribution in [0.15, 0.2) is 0 Å². The van der Waals surface area contributed by atoms with Crippen molar-refractivity contribution in [3.8, 4) is 0 Å². The smallest absolute Gasteiger partial charge is 0.462 e. The Hall–Kier alpha value is -4.94. The third-order valence-corrected chi connectivity index (χ3v) is 8.13. The first-order valence-electron chi connectivity index (χ1n) is 19.6. The second-order valence-electron chi connectivity index (χ2n) is 14.5. The molecule has 0 radical (unpaired) electrons. The van der Waals surface area contributed by atoms with Crippen molar-refractivity contribution in [2.75, 3.05) is 52.9 Å². The number of hydrogen-bond donors (Lipinski definition) is 0. The van der Waals surface area contributed by atoms with Crippen LogP contribution in [0.25, 0.3) is 0 Å². The number of rotatable bonds is 22. The van der Waals surface area contributed by atoms with Crippen LogP contribution >= 0.6 is 0 Å². The number of carbonyl (C=O) groups excluding carboxylic acids is 8. The minimum atomic E-state index is -5.02. The Morgan fingerprint density at radius 2 is 0.615 bits per heavy atom. The Morgan fingerprint density at radius 3 is 0.831 bits per heavy atom. The number of hydrogen-bond acceptors (Lipinski definition) is 16. The first-order valence-corrected chi connectivity index (χ1v) is 19.6. The Kier molecular flexibility index (Phi) is 33.5. The molecule has 2 atom stereocenters. The normalized spacial score (nSPS) is 12.4. The van der Waals surface area contributed by atoms with Crippen LogP contribution in [-0.2, 0) is 76.3 Å². The highest BCUT2D eigenvalue weighted by atomic mass is 19.4. The molecule has 0 aromatic heterocycles. The average molecular weight is 975 g/mol. The van der Waals surface area contributed by atoms with Gasteiger partial charge in [0.15, 0.2) is 0 Å². The number of esters is 8. The lowest BCUT2D eigenvalue weighted by molar-refractivity contribution is -0.201. The van der Waals surface area contributed by atoms with Crippen molar-refractivity contribution in [2.45, 2.75) is 127 Å². The monoisotopic (exact) mass is 974 g/mol. The maximum absolute atomic E-state index is 12.4. The Labute approximate surface area is 369 Å². The summed E-state index contributed by atoms with van der Waals surface area (Å²) in [4.78, 5) is 86.3. The summed E-state index contributed by atoms with van der Waals surface area (Å²) < 4.78 is 153. The summed E-state index contributed by atoms with van der Waals surface area (Å²) in [6.45, 7) is 14.6.